The maximum atomic E-state index is 9.80. The van der Waals surface area contributed by atoms with Gasteiger partial charge in [-0.25, -0.2) is 0 Å². The molecule has 1 aliphatic rings. The Morgan fingerprint density at radius 1 is 1.26 bits per heavy atom. The van der Waals surface area contributed by atoms with Crippen LogP contribution in [-0.4, -0.2) is 42.9 Å². The molecule has 0 radical (unpaired) electrons. The first-order chi connectivity index (χ1) is 9.19. The highest BCUT2D eigenvalue weighted by Gasteiger charge is 2.13. The summed E-state index contributed by atoms with van der Waals surface area (Å²) in [6.07, 6.45) is 1.62. The van der Waals surface area contributed by atoms with Gasteiger partial charge < -0.3 is 14.6 Å². The van der Waals surface area contributed by atoms with Gasteiger partial charge in [0.2, 0.25) is 0 Å². The monoisotopic (exact) mass is 265 g/mol. The normalized spacial score (nSPS) is 15.6. The smallest absolute Gasteiger partial charge is 0.161 e. The SMILES string of the molecule is CCCC(O)CN(C)Cc1ccc2c(c1)OCCO2. The van der Waals surface area contributed by atoms with Crippen LogP contribution in [0.4, 0.5) is 0 Å². The van der Waals surface area contributed by atoms with E-state index in [0.717, 1.165) is 30.9 Å². The Hall–Kier alpha value is -1.26. The molecule has 2 rings (SSSR count). The van der Waals surface area contributed by atoms with E-state index in [-0.39, 0.29) is 6.10 Å². The Labute approximate surface area is 114 Å². The first kappa shape index (κ1) is 14.2. The number of aliphatic hydroxyl groups excluding tert-OH is 1. The standard InChI is InChI=1S/C15H23NO3/c1-3-4-13(17)11-16(2)10-12-5-6-14-15(9-12)19-8-7-18-14/h5-6,9,13,17H,3-4,7-8,10-11H2,1-2H3. The molecule has 4 heteroatoms. The number of nitrogens with zero attached hydrogens (tertiary/aromatic N) is 1. The molecule has 0 aromatic heterocycles. The summed E-state index contributed by atoms with van der Waals surface area (Å²) in [5, 5.41) is 9.80. The van der Waals surface area contributed by atoms with Gasteiger partial charge >= 0.3 is 0 Å². The van der Waals surface area contributed by atoms with Crippen LogP contribution < -0.4 is 9.47 Å². The van der Waals surface area contributed by atoms with Gasteiger partial charge in [0.05, 0.1) is 6.10 Å². The van der Waals surface area contributed by atoms with Crippen LogP contribution in [0.3, 0.4) is 0 Å². The second-order valence-corrected chi connectivity index (χ2v) is 5.12. The van der Waals surface area contributed by atoms with Crippen molar-refractivity contribution >= 4 is 0 Å². The number of fused-ring (bicyclic) bond motifs is 1. The summed E-state index contributed by atoms with van der Waals surface area (Å²) >= 11 is 0. The number of likely N-dealkylation sites (N-methyl/N-ethyl adjacent to an activating group) is 1. The lowest BCUT2D eigenvalue weighted by Gasteiger charge is -2.22. The molecule has 4 nitrogen and oxygen atoms in total. The molecule has 1 unspecified atom stereocenters. The Balaban J connectivity index is 1.91. The molecule has 1 aromatic carbocycles. The summed E-state index contributed by atoms with van der Waals surface area (Å²) in [7, 11) is 2.02. The minimum atomic E-state index is -0.243. The molecule has 1 aliphatic heterocycles. The predicted octanol–water partition coefficient (Wildman–Crippen LogP) is 2.05. The molecule has 0 aliphatic carbocycles. The summed E-state index contributed by atoms with van der Waals surface area (Å²) in [4.78, 5) is 2.13. The first-order valence-corrected chi connectivity index (χ1v) is 6.94. The molecule has 1 N–H and O–H groups in total. The quantitative estimate of drug-likeness (QED) is 0.855. The highest BCUT2D eigenvalue weighted by molar-refractivity contribution is 5.43. The van der Waals surface area contributed by atoms with Crippen LogP contribution in [0.5, 0.6) is 11.5 Å². The fraction of sp³-hybridized carbons (Fsp3) is 0.600. The summed E-state index contributed by atoms with van der Waals surface area (Å²) in [6, 6.07) is 6.04. The highest BCUT2D eigenvalue weighted by atomic mass is 16.6. The number of ether oxygens (including phenoxy) is 2. The predicted molar refractivity (Wildman–Crippen MR) is 74.7 cm³/mol. The summed E-state index contributed by atoms with van der Waals surface area (Å²) < 4.78 is 11.1. The molecule has 0 saturated carbocycles. The van der Waals surface area contributed by atoms with Crippen molar-refractivity contribution in [3.8, 4) is 11.5 Å². The molecule has 0 bridgehead atoms. The number of hydrogen-bond donors (Lipinski definition) is 1. The fourth-order valence-electron chi connectivity index (χ4n) is 2.35. The van der Waals surface area contributed by atoms with Crippen molar-refractivity contribution in [2.75, 3.05) is 26.8 Å². The zero-order valence-corrected chi connectivity index (χ0v) is 11.8. The molecule has 19 heavy (non-hydrogen) atoms. The third-order valence-corrected chi connectivity index (χ3v) is 3.20. The van der Waals surface area contributed by atoms with Gasteiger partial charge in [0, 0.05) is 13.1 Å². The van der Waals surface area contributed by atoms with Crippen LogP contribution >= 0.6 is 0 Å². The van der Waals surface area contributed by atoms with Gasteiger partial charge in [0.25, 0.3) is 0 Å². The highest BCUT2D eigenvalue weighted by Crippen LogP contribution is 2.31. The molecular formula is C15H23NO3. The van der Waals surface area contributed by atoms with Crippen molar-refractivity contribution in [1.29, 1.82) is 0 Å². The molecule has 1 aromatic rings. The van der Waals surface area contributed by atoms with E-state index in [1.807, 2.05) is 19.2 Å². The van der Waals surface area contributed by atoms with Crippen LogP contribution in [0.1, 0.15) is 25.3 Å². The molecule has 0 fully saturated rings. The van der Waals surface area contributed by atoms with E-state index in [9.17, 15) is 5.11 Å². The number of benzene rings is 1. The lowest BCUT2D eigenvalue weighted by Crippen LogP contribution is -2.28. The molecule has 0 spiro atoms. The number of hydrogen-bond acceptors (Lipinski definition) is 4. The van der Waals surface area contributed by atoms with Crippen LogP contribution in [0.15, 0.2) is 18.2 Å². The van der Waals surface area contributed by atoms with E-state index in [2.05, 4.69) is 17.9 Å². The van der Waals surface area contributed by atoms with Crippen LogP contribution in [-0.2, 0) is 6.54 Å². The van der Waals surface area contributed by atoms with E-state index in [1.165, 1.54) is 5.56 Å². The third kappa shape index (κ3) is 4.11. The molecular weight excluding hydrogens is 242 g/mol. The van der Waals surface area contributed by atoms with Crippen molar-refractivity contribution in [2.45, 2.75) is 32.4 Å². The second kappa shape index (κ2) is 6.78. The van der Waals surface area contributed by atoms with Gasteiger partial charge in [-0.2, -0.15) is 0 Å². The Bertz CT molecular complexity index is 408. The molecule has 106 valence electrons. The van der Waals surface area contributed by atoms with E-state index < -0.39 is 0 Å². The van der Waals surface area contributed by atoms with Crippen LogP contribution in [0.2, 0.25) is 0 Å². The average molecular weight is 265 g/mol. The van der Waals surface area contributed by atoms with Crippen molar-refractivity contribution in [1.82, 2.24) is 4.90 Å². The fourth-order valence-corrected chi connectivity index (χ4v) is 2.35. The van der Waals surface area contributed by atoms with E-state index >= 15 is 0 Å². The van der Waals surface area contributed by atoms with Crippen molar-refractivity contribution in [3.05, 3.63) is 23.8 Å². The topological polar surface area (TPSA) is 41.9 Å². The van der Waals surface area contributed by atoms with E-state index in [4.69, 9.17) is 9.47 Å². The zero-order chi connectivity index (χ0) is 13.7. The number of rotatable bonds is 6. The Morgan fingerprint density at radius 2 is 2.00 bits per heavy atom. The lowest BCUT2D eigenvalue weighted by molar-refractivity contribution is 0.114. The zero-order valence-electron chi connectivity index (χ0n) is 11.8. The summed E-state index contributed by atoms with van der Waals surface area (Å²) in [5.74, 6) is 1.65. The van der Waals surface area contributed by atoms with Crippen molar-refractivity contribution in [2.24, 2.45) is 0 Å². The van der Waals surface area contributed by atoms with Gasteiger partial charge in [-0.1, -0.05) is 19.4 Å². The van der Waals surface area contributed by atoms with Crippen LogP contribution in [0.25, 0.3) is 0 Å². The molecule has 0 saturated heterocycles. The maximum absolute atomic E-state index is 9.80. The second-order valence-electron chi connectivity index (χ2n) is 5.12. The average Bonchev–Trinajstić information content (AvgIpc) is 2.38. The van der Waals surface area contributed by atoms with E-state index in [0.29, 0.717) is 19.8 Å². The first-order valence-electron chi connectivity index (χ1n) is 6.94. The van der Waals surface area contributed by atoms with Gasteiger partial charge in [-0.15, -0.1) is 0 Å². The maximum Gasteiger partial charge on any atom is 0.161 e. The van der Waals surface area contributed by atoms with Crippen molar-refractivity contribution < 1.29 is 14.6 Å². The largest absolute Gasteiger partial charge is 0.486 e. The van der Waals surface area contributed by atoms with Gasteiger partial charge in [0.1, 0.15) is 13.2 Å². The molecule has 1 heterocycles. The number of aliphatic hydroxyl groups is 1. The Morgan fingerprint density at radius 3 is 2.74 bits per heavy atom. The molecule has 0 amide bonds. The van der Waals surface area contributed by atoms with Gasteiger partial charge in [-0.3, -0.25) is 4.90 Å². The minimum absolute atomic E-state index is 0.243. The minimum Gasteiger partial charge on any atom is -0.486 e. The third-order valence-electron chi connectivity index (χ3n) is 3.20. The summed E-state index contributed by atoms with van der Waals surface area (Å²) in [6.45, 7) is 4.82. The Kier molecular flexibility index (Phi) is 5.05. The molecule has 1 atom stereocenters. The van der Waals surface area contributed by atoms with Crippen LogP contribution in [0, 0.1) is 0 Å². The summed E-state index contributed by atoms with van der Waals surface area (Å²) in [5.41, 5.74) is 1.18. The van der Waals surface area contributed by atoms with Gasteiger partial charge in [-0.05, 0) is 31.2 Å². The van der Waals surface area contributed by atoms with Gasteiger partial charge in [0.15, 0.2) is 11.5 Å². The van der Waals surface area contributed by atoms with Crippen molar-refractivity contribution in [3.63, 3.8) is 0 Å². The lowest BCUT2D eigenvalue weighted by atomic mass is 10.1. The van der Waals surface area contributed by atoms with E-state index in [1.54, 1.807) is 0 Å².